The molecule has 18 heavy (non-hydrogen) atoms. The molecule has 0 spiro atoms. The minimum absolute atomic E-state index is 0.0758. The summed E-state index contributed by atoms with van der Waals surface area (Å²) in [6.07, 6.45) is 1.65. The third kappa shape index (κ3) is 2.27. The molecule has 100 valence electrons. The SMILES string of the molecule is CCC(CC)n1nc(C(=O)N2CC(O)C2)cc1C. The molecule has 1 fully saturated rings. The highest BCUT2D eigenvalue weighted by atomic mass is 16.3. The maximum atomic E-state index is 12.1. The molecule has 1 aliphatic heterocycles. The van der Waals surface area contributed by atoms with Gasteiger partial charge in [0, 0.05) is 18.8 Å². The van der Waals surface area contributed by atoms with Gasteiger partial charge in [0.1, 0.15) is 0 Å². The van der Waals surface area contributed by atoms with Gasteiger partial charge in [0.2, 0.25) is 0 Å². The van der Waals surface area contributed by atoms with Crippen LogP contribution in [0.25, 0.3) is 0 Å². The smallest absolute Gasteiger partial charge is 0.274 e. The van der Waals surface area contributed by atoms with E-state index in [0.29, 0.717) is 24.8 Å². The van der Waals surface area contributed by atoms with Crippen LogP contribution in [0, 0.1) is 6.92 Å². The van der Waals surface area contributed by atoms with E-state index in [1.165, 1.54) is 0 Å². The molecule has 0 unspecified atom stereocenters. The number of aliphatic hydroxyl groups is 1. The number of rotatable bonds is 4. The van der Waals surface area contributed by atoms with Crippen LogP contribution in [0.5, 0.6) is 0 Å². The number of hydrogen-bond donors (Lipinski definition) is 1. The molecule has 2 heterocycles. The number of amides is 1. The quantitative estimate of drug-likeness (QED) is 0.879. The summed E-state index contributed by atoms with van der Waals surface area (Å²) in [6, 6.07) is 2.19. The summed E-state index contributed by atoms with van der Waals surface area (Å²) < 4.78 is 1.95. The highest BCUT2D eigenvalue weighted by Gasteiger charge is 2.31. The van der Waals surface area contributed by atoms with E-state index < -0.39 is 0 Å². The zero-order valence-corrected chi connectivity index (χ0v) is 11.3. The molecule has 0 atom stereocenters. The number of carbonyl (C=O) groups excluding carboxylic acids is 1. The van der Waals surface area contributed by atoms with Crippen molar-refractivity contribution in [2.24, 2.45) is 0 Å². The van der Waals surface area contributed by atoms with Crippen LogP contribution in [0.3, 0.4) is 0 Å². The Morgan fingerprint density at radius 1 is 1.50 bits per heavy atom. The van der Waals surface area contributed by atoms with Crippen molar-refractivity contribution in [3.8, 4) is 0 Å². The van der Waals surface area contributed by atoms with Crippen LogP contribution in [0.1, 0.15) is 48.9 Å². The molecule has 0 bridgehead atoms. The molecular weight excluding hydrogens is 230 g/mol. The largest absolute Gasteiger partial charge is 0.389 e. The van der Waals surface area contributed by atoms with E-state index >= 15 is 0 Å². The summed E-state index contributed by atoms with van der Waals surface area (Å²) >= 11 is 0. The van der Waals surface area contributed by atoms with E-state index in [4.69, 9.17) is 0 Å². The van der Waals surface area contributed by atoms with E-state index in [1.807, 2.05) is 17.7 Å². The van der Waals surface area contributed by atoms with Gasteiger partial charge in [0.25, 0.3) is 5.91 Å². The van der Waals surface area contributed by atoms with Gasteiger partial charge in [-0.25, -0.2) is 0 Å². The molecule has 0 saturated carbocycles. The molecule has 0 aliphatic carbocycles. The van der Waals surface area contributed by atoms with Crippen molar-refractivity contribution in [2.75, 3.05) is 13.1 Å². The van der Waals surface area contributed by atoms with Gasteiger partial charge in [-0.05, 0) is 25.8 Å². The summed E-state index contributed by atoms with van der Waals surface area (Å²) in [5.41, 5.74) is 1.51. The van der Waals surface area contributed by atoms with Crippen LogP contribution in [-0.4, -0.2) is 44.9 Å². The van der Waals surface area contributed by atoms with Crippen LogP contribution in [0.2, 0.25) is 0 Å². The average molecular weight is 251 g/mol. The highest BCUT2D eigenvalue weighted by molar-refractivity contribution is 5.93. The van der Waals surface area contributed by atoms with Crippen LogP contribution < -0.4 is 0 Å². The molecule has 5 nitrogen and oxygen atoms in total. The Morgan fingerprint density at radius 3 is 2.61 bits per heavy atom. The van der Waals surface area contributed by atoms with Crippen molar-refractivity contribution in [1.29, 1.82) is 0 Å². The molecule has 1 saturated heterocycles. The second-order valence-corrected chi connectivity index (χ2v) is 4.95. The van der Waals surface area contributed by atoms with Crippen molar-refractivity contribution in [2.45, 2.75) is 45.8 Å². The highest BCUT2D eigenvalue weighted by Crippen LogP contribution is 2.19. The number of aromatic nitrogens is 2. The molecule has 5 heteroatoms. The first-order chi connectivity index (χ1) is 8.56. The van der Waals surface area contributed by atoms with E-state index in [-0.39, 0.29) is 12.0 Å². The van der Waals surface area contributed by atoms with E-state index in [1.54, 1.807) is 4.90 Å². The Hall–Kier alpha value is -1.36. The third-order valence-corrected chi connectivity index (χ3v) is 3.58. The number of aliphatic hydroxyl groups excluding tert-OH is 1. The predicted octanol–water partition coefficient (Wildman–Crippen LogP) is 1.37. The zero-order valence-electron chi connectivity index (χ0n) is 11.3. The van der Waals surface area contributed by atoms with Crippen molar-refractivity contribution in [3.63, 3.8) is 0 Å². The van der Waals surface area contributed by atoms with Crippen molar-refractivity contribution in [3.05, 3.63) is 17.5 Å². The predicted molar refractivity (Wildman–Crippen MR) is 68.5 cm³/mol. The second kappa shape index (κ2) is 5.10. The lowest BCUT2D eigenvalue weighted by atomic mass is 10.1. The molecule has 1 aromatic rings. The lowest BCUT2D eigenvalue weighted by Gasteiger charge is -2.35. The van der Waals surface area contributed by atoms with Gasteiger partial charge in [-0.15, -0.1) is 0 Å². The minimum atomic E-state index is -0.365. The molecule has 2 rings (SSSR count). The Kier molecular flexibility index (Phi) is 3.71. The first-order valence-corrected chi connectivity index (χ1v) is 6.60. The number of β-amino-alcohol motifs (C(OH)–C–C–N with tert-alkyl or cyclic N) is 1. The number of aryl methyl sites for hydroxylation is 1. The number of hydrogen-bond acceptors (Lipinski definition) is 3. The number of nitrogens with zero attached hydrogens (tertiary/aromatic N) is 3. The Bertz CT molecular complexity index is 431. The Balaban J connectivity index is 2.15. The van der Waals surface area contributed by atoms with E-state index in [2.05, 4.69) is 18.9 Å². The first kappa shape index (κ1) is 13.1. The third-order valence-electron chi connectivity index (χ3n) is 3.58. The molecule has 1 aromatic heterocycles. The van der Waals surface area contributed by atoms with Crippen molar-refractivity contribution in [1.82, 2.24) is 14.7 Å². The van der Waals surface area contributed by atoms with Gasteiger partial charge < -0.3 is 10.0 Å². The fourth-order valence-corrected chi connectivity index (χ4v) is 2.38. The summed E-state index contributed by atoms with van der Waals surface area (Å²) in [7, 11) is 0. The van der Waals surface area contributed by atoms with Gasteiger partial charge >= 0.3 is 0 Å². The molecule has 1 amide bonds. The molecule has 1 aliphatic rings. The van der Waals surface area contributed by atoms with Gasteiger partial charge in [0.15, 0.2) is 5.69 Å². The Labute approximate surface area is 107 Å². The monoisotopic (exact) mass is 251 g/mol. The molecular formula is C13H21N3O2. The standard InChI is InChI=1S/C13H21N3O2/c1-4-10(5-2)16-9(3)6-12(14-16)13(18)15-7-11(17)8-15/h6,10-11,17H,4-5,7-8H2,1-3H3. The van der Waals surface area contributed by atoms with Gasteiger partial charge in [0.05, 0.1) is 12.1 Å². The maximum absolute atomic E-state index is 12.1. The average Bonchev–Trinajstić information content (AvgIpc) is 2.69. The fourth-order valence-electron chi connectivity index (χ4n) is 2.38. The zero-order chi connectivity index (χ0) is 13.3. The molecule has 1 N–H and O–H groups in total. The number of carbonyl (C=O) groups is 1. The maximum Gasteiger partial charge on any atom is 0.274 e. The van der Waals surface area contributed by atoms with Gasteiger partial charge in [-0.2, -0.15) is 5.10 Å². The second-order valence-electron chi connectivity index (χ2n) is 4.95. The summed E-state index contributed by atoms with van der Waals surface area (Å²) in [4.78, 5) is 13.7. The lowest BCUT2D eigenvalue weighted by Crippen LogP contribution is -2.53. The van der Waals surface area contributed by atoms with Crippen molar-refractivity contribution >= 4 is 5.91 Å². The first-order valence-electron chi connectivity index (χ1n) is 6.60. The molecule has 0 aromatic carbocycles. The van der Waals surface area contributed by atoms with Crippen LogP contribution in [0.4, 0.5) is 0 Å². The van der Waals surface area contributed by atoms with E-state index in [9.17, 15) is 9.90 Å². The van der Waals surface area contributed by atoms with Crippen LogP contribution in [-0.2, 0) is 0 Å². The summed E-state index contributed by atoms with van der Waals surface area (Å²) in [6.45, 7) is 7.09. The van der Waals surface area contributed by atoms with E-state index in [0.717, 1.165) is 18.5 Å². The summed E-state index contributed by atoms with van der Waals surface area (Å²) in [5.74, 6) is -0.0758. The Morgan fingerprint density at radius 2 is 2.11 bits per heavy atom. The van der Waals surface area contributed by atoms with Gasteiger partial charge in [-0.1, -0.05) is 13.8 Å². The normalized spacial score (nSPS) is 16.2. The lowest BCUT2D eigenvalue weighted by molar-refractivity contribution is 0.00543. The number of likely N-dealkylation sites (tertiary alicyclic amines) is 1. The minimum Gasteiger partial charge on any atom is -0.389 e. The van der Waals surface area contributed by atoms with Crippen LogP contribution >= 0.6 is 0 Å². The topological polar surface area (TPSA) is 58.4 Å². The van der Waals surface area contributed by atoms with Gasteiger partial charge in [-0.3, -0.25) is 9.48 Å². The fraction of sp³-hybridized carbons (Fsp3) is 0.692. The van der Waals surface area contributed by atoms with Crippen molar-refractivity contribution < 1.29 is 9.90 Å². The van der Waals surface area contributed by atoms with Crippen LogP contribution in [0.15, 0.2) is 6.07 Å². The summed E-state index contributed by atoms with van der Waals surface area (Å²) in [5, 5.41) is 13.6. The molecule has 0 radical (unpaired) electrons.